The molecular weight excluding hydrogens is 183 g/mol. The van der Waals surface area contributed by atoms with E-state index in [0.29, 0.717) is 0 Å². The average molecular weight is 194 g/mol. The Morgan fingerprint density at radius 2 is 2.00 bits per heavy atom. The molecule has 0 aromatic heterocycles. The summed E-state index contributed by atoms with van der Waals surface area (Å²) in [5, 5.41) is 3.59. The van der Waals surface area contributed by atoms with E-state index in [1.807, 2.05) is 18.2 Å². The predicted molar refractivity (Wildman–Crippen MR) is 55.1 cm³/mol. The first-order chi connectivity index (χ1) is 6.74. The number of anilines is 1. The molecule has 1 rings (SSSR count). The number of nitrogens with one attached hydrogen (secondary N) is 1. The van der Waals surface area contributed by atoms with E-state index in [1.54, 1.807) is 12.1 Å². The molecule has 5 N–H and O–H groups in total. The van der Waals surface area contributed by atoms with Crippen LogP contribution >= 0.6 is 0 Å². The molecule has 0 amide bonds. The average Bonchev–Trinajstić information content (AvgIpc) is 2.26. The van der Waals surface area contributed by atoms with Crippen LogP contribution in [0.2, 0.25) is 0 Å². The van der Waals surface area contributed by atoms with E-state index in [4.69, 9.17) is 11.5 Å². The van der Waals surface area contributed by atoms with Crippen molar-refractivity contribution in [3.05, 3.63) is 42.4 Å². The molecule has 0 atom stereocenters. The van der Waals surface area contributed by atoms with Gasteiger partial charge in [-0.15, -0.1) is 0 Å². The lowest BCUT2D eigenvalue weighted by molar-refractivity contribution is 0.675. The molecule has 0 fully saturated rings. The highest BCUT2D eigenvalue weighted by Gasteiger charge is 1.98. The van der Waals surface area contributed by atoms with Crippen molar-refractivity contribution in [2.24, 2.45) is 16.6 Å². The zero-order valence-corrected chi connectivity index (χ0v) is 7.44. The minimum atomic E-state index is -0.756. The van der Waals surface area contributed by atoms with Gasteiger partial charge in [0.15, 0.2) is 11.7 Å². The van der Waals surface area contributed by atoms with Gasteiger partial charge < -0.3 is 11.5 Å². The third kappa shape index (κ3) is 2.78. The number of benzene rings is 1. The maximum absolute atomic E-state index is 12.7. The highest BCUT2D eigenvalue weighted by Crippen LogP contribution is 2.04. The largest absolute Gasteiger partial charge is 0.402 e. The van der Waals surface area contributed by atoms with Crippen LogP contribution in [0.15, 0.2) is 47.5 Å². The molecule has 0 saturated carbocycles. The predicted octanol–water partition coefficient (Wildman–Crippen LogP) is 1.14. The van der Waals surface area contributed by atoms with Gasteiger partial charge in [-0.05, 0) is 12.1 Å². The van der Waals surface area contributed by atoms with Crippen LogP contribution in [0.1, 0.15) is 0 Å². The van der Waals surface area contributed by atoms with Crippen molar-refractivity contribution in [2.45, 2.75) is 0 Å². The molecule has 0 saturated heterocycles. The molecule has 4 nitrogen and oxygen atoms in total. The number of para-hydroxylation sites is 1. The minimum Gasteiger partial charge on any atom is -0.402 e. The molecule has 14 heavy (non-hydrogen) atoms. The fraction of sp³-hybridized carbons (Fsp3) is 0. The summed E-state index contributed by atoms with van der Waals surface area (Å²) in [5.74, 6) is -1.04. The van der Waals surface area contributed by atoms with Gasteiger partial charge in [-0.2, -0.15) is 5.10 Å². The van der Waals surface area contributed by atoms with Crippen molar-refractivity contribution < 1.29 is 4.39 Å². The van der Waals surface area contributed by atoms with Gasteiger partial charge >= 0.3 is 0 Å². The molecule has 0 unspecified atom stereocenters. The van der Waals surface area contributed by atoms with Crippen molar-refractivity contribution in [1.29, 1.82) is 0 Å². The van der Waals surface area contributed by atoms with Gasteiger partial charge in [0.1, 0.15) is 0 Å². The Kier molecular flexibility index (Phi) is 3.49. The normalized spacial score (nSPS) is 12.6. The van der Waals surface area contributed by atoms with E-state index in [-0.39, 0.29) is 5.84 Å². The Hall–Kier alpha value is -2.04. The van der Waals surface area contributed by atoms with Gasteiger partial charge in [0.05, 0.1) is 5.69 Å². The smallest absolute Gasteiger partial charge is 0.182 e. The number of amidine groups is 1. The number of halogens is 1. The van der Waals surface area contributed by atoms with Crippen molar-refractivity contribution in [3.8, 4) is 0 Å². The summed E-state index contributed by atoms with van der Waals surface area (Å²) < 4.78 is 12.7. The molecule has 0 spiro atoms. The van der Waals surface area contributed by atoms with E-state index < -0.39 is 5.83 Å². The Morgan fingerprint density at radius 3 is 2.57 bits per heavy atom. The first kappa shape index (κ1) is 10.0. The zero-order chi connectivity index (χ0) is 10.4. The van der Waals surface area contributed by atoms with Gasteiger partial charge in [0, 0.05) is 6.20 Å². The monoisotopic (exact) mass is 194 g/mol. The van der Waals surface area contributed by atoms with Gasteiger partial charge in [-0.25, -0.2) is 4.39 Å². The number of rotatable bonds is 3. The number of nitrogens with zero attached hydrogens (tertiary/aromatic N) is 1. The van der Waals surface area contributed by atoms with Crippen molar-refractivity contribution in [3.63, 3.8) is 0 Å². The molecular formula is C9H11FN4. The van der Waals surface area contributed by atoms with E-state index in [1.165, 1.54) is 0 Å². The van der Waals surface area contributed by atoms with E-state index >= 15 is 0 Å². The van der Waals surface area contributed by atoms with Crippen LogP contribution in [0.25, 0.3) is 0 Å². The third-order valence-corrected chi connectivity index (χ3v) is 1.47. The molecule has 0 bridgehead atoms. The van der Waals surface area contributed by atoms with E-state index in [2.05, 4.69) is 10.5 Å². The Morgan fingerprint density at radius 1 is 1.36 bits per heavy atom. The van der Waals surface area contributed by atoms with Crippen LogP contribution in [0.3, 0.4) is 0 Å². The maximum Gasteiger partial charge on any atom is 0.182 e. The molecule has 5 heteroatoms. The SMILES string of the molecule is NC=C(F)C(N)=NNc1ccccc1. The van der Waals surface area contributed by atoms with Gasteiger partial charge in [-0.3, -0.25) is 5.43 Å². The number of nitrogens with two attached hydrogens (primary N) is 2. The second-order valence-corrected chi connectivity index (χ2v) is 2.49. The summed E-state index contributed by atoms with van der Waals surface area (Å²) in [7, 11) is 0. The zero-order valence-electron chi connectivity index (χ0n) is 7.44. The fourth-order valence-electron chi connectivity index (χ4n) is 0.776. The second kappa shape index (κ2) is 4.86. The molecule has 0 heterocycles. The lowest BCUT2D eigenvalue weighted by Crippen LogP contribution is -2.15. The molecule has 1 aromatic carbocycles. The quantitative estimate of drug-likeness (QED) is 0.383. The minimum absolute atomic E-state index is 0.281. The number of hydrogen-bond donors (Lipinski definition) is 3. The summed E-state index contributed by atoms with van der Waals surface area (Å²) in [6.45, 7) is 0. The highest BCUT2D eigenvalue weighted by atomic mass is 19.1. The van der Waals surface area contributed by atoms with Crippen LogP contribution in [-0.4, -0.2) is 5.84 Å². The lowest BCUT2D eigenvalue weighted by Gasteiger charge is -2.00. The van der Waals surface area contributed by atoms with Crippen molar-refractivity contribution in [1.82, 2.24) is 0 Å². The molecule has 1 aromatic rings. The van der Waals surface area contributed by atoms with E-state index in [0.717, 1.165) is 11.9 Å². The molecule has 0 aliphatic rings. The molecule has 0 radical (unpaired) electrons. The molecule has 0 aliphatic carbocycles. The Labute approximate surface area is 81.1 Å². The number of hydrazone groups is 1. The van der Waals surface area contributed by atoms with Crippen molar-refractivity contribution >= 4 is 11.5 Å². The van der Waals surface area contributed by atoms with Crippen molar-refractivity contribution in [2.75, 3.05) is 5.43 Å². The highest BCUT2D eigenvalue weighted by molar-refractivity contribution is 5.95. The summed E-state index contributed by atoms with van der Waals surface area (Å²) >= 11 is 0. The fourth-order valence-corrected chi connectivity index (χ4v) is 0.776. The summed E-state index contributed by atoms with van der Waals surface area (Å²) in [6.07, 6.45) is 0.755. The first-order valence-corrected chi connectivity index (χ1v) is 3.96. The third-order valence-electron chi connectivity index (χ3n) is 1.47. The van der Waals surface area contributed by atoms with Crippen LogP contribution in [-0.2, 0) is 0 Å². The molecule has 0 aliphatic heterocycles. The van der Waals surface area contributed by atoms with E-state index in [9.17, 15) is 4.39 Å². The molecule has 74 valence electrons. The lowest BCUT2D eigenvalue weighted by atomic mass is 10.3. The first-order valence-electron chi connectivity index (χ1n) is 3.96. The van der Waals surface area contributed by atoms with Gasteiger partial charge in [-0.1, -0.05) is 18.2 Å². The summed E-state index contributed by atoms with van der Waals surface area (Å²) in [5.41, 5.74) is 13.5. The Balaban J connectivity index is 2.64. The van der Waals surface area contributed by atoms with Gasteiger partial charge in [0.2, 0.25) is 0 Å². The topological polar surface area (TPSA) is 76.4 Å². The summed E-state index contributed by atoms with van der Waals surface area (Å²) in [4.78, 5) is 0. The maximum atomic E-state index is 12.7. The number of hydrogen-bond acceptors (Lipinski definition) is 3. The van der Waals surface area contributed by atoms with Gasteiger partial charge in [0.25, 0.3) is 0 Å². The van der Waals surface area contributed by atoms with Crippen LogP contribution in [0, 0.1) is 0 Å². The Bertz CT molecular complexity index is 345. The summed E-state index contributed by atoms with van der Waals surface area (Å²) in [6, 6.07) is 9.06. The standard InChI is InChI=1S/C9H11FN4/c10-8(6-11)9(12)14-13-7-4-2-1-3-5-7/h1-6,13H,11H2,(H2,12,14). The van der Waals surface area contributed by atoms with Crippen LogP contribution < -0.4 is 16.9 Å². The van der Waals surface area contributed by atoms with Crippen LogP contribution in [0.5, 0.6) is 0 Å². The van der Waals surface area contributed by atoms with Crippen LogP contribution in [0.4, 0.5) is 10.1 Å². The second-order valence-electron chi connectivity index (χ2n) is 2.49.